The Bertz CT molecular complexity index is 822. The van der Waals surface area contributed by atoms with Gasteiger partial charge in [-0.1, -0.05) is 29.8 Å². The Morgan fingerprint density at radius 2 is 1.80 bits per heavy atom. The second-order valence-corrected chi connectivity index (χ2v) is 5.76. The summed E-state index contributed by atoms with van der Waals surface area (Å²) in [5, 5.41) is 14.6. The van der Waals surface area contributed by atoms with Crippen molar-refractivity contribution in [3.63, 3.8) is 0 Å². The molecule has 2 heterocycles. The highest BCUT2D eigenvalue weighted by atomic mass is 35.5. The van der Waals surface area contributed by atoms with Gasteiger partial charge in [-0.3, -0.25) is 9.78 Å². The number of hydrogen-bond donors (Lipinski definition) is 2. The first-order valence-electron chi connectivity index (χ1n) is 7.70. The molecule has 0 aliphatic heterocycles. The first-order valence-corrected chi connectivity index (χ1v) is 8.07. The summed E-state index contributed by atoms with van der Waals surface area (Å²) < 4.78 is 0. The summed E-state index contributed by atoms with van der Waals surface area (Å²) in [6.45, 7) is 0.989. The molecule has 0 saturated carbocycles. The van der Waals surface area contributed by atoms with Crippen molar-refractivity contribution in [2.24, 2.45) is 0 Å². The third-order valence-corrected chi connectivity index (χ3v) is 3.71. The number of benzene rings is 1. The van der Waals surface area contributed by atoms with Crippen LogP contribution in [0.3, 0.4) is 0 Å². The summed E-state index contributed by atoms with van der Waals surface area (Å²) in [6, 6.07) is 14.6. The van der Waals surface area contributed by atoms with Crippen molar-refractivity contribution in [3.8, 4) is 0 Å². The zero-order valence-electron chi connectivity index (χ0n) is 13.3. The molecule has 126 valence electrons. The molecule has 0 atom stereocenters. The fraction of sp³-hybridized carbons (Fsp3) is 0.111. The zero-order chi connectivity index (χ0) is 17.5. The van der Waals surface area contributed by atoms with E-state index in [4.69, 9.17) is 11.6 Å². The predicted octanol–water partition coefficient (Wildman–Crippen LogP) is 3.07. The lowest BCUT2D eigenvalue weighted by atomic mass is 10.2. The van der Waals surface area contributed by atoms with Crippen LogP contribution in [0.15, 0.2) is 60.9 Å². The third-order valence-electron chi connectivity index (χ3n) is 3.46. The molecule has 3 rings (SSSR count). The highest BCUT2D eigenvalue weighted by Crippen LogP contribution is 2.11. The van der Waals surface area contributed by atoms with Crippen LogP contribution in [0, 0.1) is 0 Å². The molecule has 2 N–H and O–H groups in total. The number of halogens is 1. The first kappa shape index (κ1) is 16.9. The molecular weight excluding hydrogens is 338 g/mol. The van der Waals surface area contributed by atoms with Gasteiger partial charge in [0.15, 0.2) is 5.69 Å². The second kappa shape index (κ2) is 8.21. The fourth-order valence-electron chi connectivity index (χ4n) is 2.12. The number of carbonyl (C=O) groups is 1. The Morgan fingerprint density at radius 1 is 0.960 bits per heavy atom. The van der Waals surface area contributed by atoms with E-state index in [9.17, 15) is 4.79 Å². The smallest absolute Gasteiger partial charge is 0.272 e. The van der Waals surface area contributed by atoms with Crippen LogP contribution in [0.1, 0.15) is 21.6 Å². The monoisotopic (exact) mass is 353 g/mol. The molecule has 0 saturated heterocycles. The molecule has 3 aromatic rings. The van der Waals surface area contributed by atoms with Gasteiger partial charge in [0.05, 0.1) is 0 Å². The van der Waals surface area contributed by atoms with Crippen molar-refractivity contribution in [1.82, 2.24) is 20.5 Å². The van der Waals surface area contributed by atoms with E-state index in [1.54, 1.807) is 24.5 Å². The van der Waals surface area contributed by atoms with Crippen LogP contribution >= 0.6 is 11.6 Å². The Labute approximate surface area is 150 Å². The molecule has 0 bridgehead atoms. The van der Waals surface area contributed by atoms with Gasteiger partial charge in [0, 0.05) is 30.5 Å². The largest absolute Gasteiger partial charge is 0.365 e. The zero-order valence-corrected chi connectivity index (χ0v) is 14.1. The molecule has 0 aliphatic rings. The summed E-state index contributed by atoms with van der Waals surface area (Å²) in [7, 11) is 0. The number of nitrogens with one attached hydrogen (secondary N) is 2. The summed E-state index contributed by atoms with van der Waals surface area (Å²) in [6.07, 6.45) is 3.39. The number of aromatic nitrogens is 3. The molecule has 0 spiro atoms. The molecule has 6 nitrogen and oxygen atoms in total. The van der Waals surface area contributed by atoms with Crippen molar-refractivity contribution in [2.75, 3.05) is 5.32 Å². The summed E-state index contributed by atoms with van der Waals surface area (Å²) in [4.78, 5) is 16.1. The van der Waals surface area contributed by atoms with E-state index in [1.807, 2.05) is 36.4 Å². The predicted molar refractivity (Wildman–Crippen MR) is 96.2 cm³/mol. The number of carbonyl (C=O) groups excluding carboxylic acids is 1. The molecule has 7 heteroatoms. The van der Waals surface area contributed by atoms with Crippen LogP contribution in [0.4, 0.5) is 5.82 Å². The number of pyridine rings is 1. The van der Waals surface area contributed by atoms with E-state index < -0.39 is 0 Å². The number of hydrogen-bond acceptors (Lipinski definition) is 5. The highest BCUT2D eigenvalue weighted by Gasteiger charge is 2.08. The quantitative estimate of drug-likeness (QED) is 0.712. The Hall–Kier alpha value is -2.99. The van der Waals surface area contributed by atoms with Gasteiger partial charge in [0.25, 0.3) is 5.91 Å². The summed E-state index contributed by atoms with van der Waals surface area (Å²) in [5.74, 6) is 0.319. The van der Waals surface area contributed by atoms with Gasteiger partial charge in [0.1, 0.15) is 5.82 Å². The third kappa shape index (κ3) is 4.99. The van der Waals surface area contributed by atoms with E-state index in [0.717, 1.165) is 11.1 Å². The Kier molecular flexibility index (Phi) is 5.53. The normalized spacial score (nSPS) is 10.3. The van der Waals surface area contributed by atoms with Gasteiger partial charge in [-0.05, 0) is 41.5 Å². The van der Waals surface area contributed by atoms with E-state index in [1.165, 1.54) is 0 Å². The topological polar surface area (TPSA) is 79.8 Å². The van der Waals surface area contributed by atoms with Crippen molar-refractivity contribution in [2.45, 2.75) is 13.1 Å². The van der Waals surface area contributed by atoms with Crippen LogP contribution in [0.5, 0.6) is 0 Å². The molecule has 0 unspecified atom stereocenters. The SMILES string of the molecule is O=C(NCc1cccnc1)c1ccc(NCc2ccc(Cl)cc2)nn1. The van der Waals surface area contributed by atoms with Crippen molar-refractivity contribution in [3.05, 3.63) is 82.8 Å². The average Bonchev–Trinajstić information content (AvgIpc) is 2.67. The lowest BCUT2D eigenvalue weighted by molar-refractivity contribution is 0.0945. The molecule has 1 amide bonds. The van der Waals surface area contributed by atoms with Crippen LogP contribution in [-0.4, -0.2) is 21.1 Å². The van der Waals surface area contributed by atoms with Crippen molar-refractivity contribution in [1.29, 1.82) is 0 Å². The van der Waals surface area contributed by atoms with Gasteiger partial charge in [0.2, 0.25) is 0 Å². The van der Waals surface area contributed by atoms with Gasteiger partial charge in [-0.2, -0.15) is 0 Å². The number of rotatable bonds is 6. The Morgan fingerprint density at radius 3 is 2.48 bits per heavy atom. The first-order chi connectivity index (χ1) is 12.2. The average molecular weight is 354 g/mol. The number of anilines is 1. The summed E-state index contributed by atoms with van der Waals surface area (Å²) in [5.41, 5.74) is 2.26. The van der Waals surface area contributed by atoms with Crippen LogP contribution in [0.2, 0.25) is 5.02 Å². The number of amides is 1. The summed E-state index contributed by atoms with van der Waals surface area (Å²) >= 11 is 5.86. The fourth-order valence-corrected chi connectivity index (χ4v) is 2.24. The van der Waals surface area contributed by atoms with E-state index in [2.05, 4.69) is 25.8 Å². The van der Waals surface area contributed by atoms with E-state index in [-0.39, 0.29) is 11.6 Å². The molecule has 0 radical (unpaired) electrons. The van der Waals surface area contributed by atoms with E-state index >= 15 is 0 Å². The minimum Gasteiger partial charge on any atom is -0.365 e. The van der Waals surface area contributed by atoms with Gasteiger partial charge >= 0.3 is 0 Å². The van der Waals surface area contributed by atoms with Crippen LogP contribution in [-0.2, 0) is 13.1 Å². The molecule has 2 aromatic heterocycles. The molecule has 0 aliphatic carbocycles. The maximum absolute atomic E-state index is 12.1. The van der Waals surface area contributed by atoms with Crippen molar-refractivity contribution >= 4 is 23.3 Å². The maximum atomic E-state index is 12.1. The molecule has 0 fully saturated rings. The van der Waals surface area contributed by atoms with Crippen LogP contribution < -0.4 is 10.6 Å². The van der Waals surface area contributed by atoms with Gasteiger partial charge in [-0.15, -0.1) is 10.2 Å². The maximum Gasteiger partial charge on any atom is 0.272 e. The lowest BCUT2D eigenvalue weighted by Gasteiger charge is -2.07. The minimum atomic E-state index is -0.277. The van der Waals surface area contributed by atoms with Gasteiger partial charge in [-0.25, -0.2) is 0 Å². The minimum absolute atomic E-state index is 0.265. The van der Waals surface area contributed by atoms with Crippen molar-refractivity contribution < 1.29 is 4.79 Å². The van der Waals surface area contributed by atoms with Crippen LogP contribution in [0.25, 0.3) is 0 Å². The Balaban J connectivity index is 1.52. The lowest BCUT2D eigenvalue weighted by Crippen LogP contribution is -2.24. The molecule has 1 aromatic carbocycles. The second-order valence-electron chi connectivity index (χ2n) is 5.33. The van der Waals surface area contributed by atoms with Gasteiger partial charge < -0.3 is 10.6 Å². The molecule has 25 heavy (non-hydrogen) atoms. The van der Waals surface area contributed by atoms with E-state index in [0.29, 0.717) is 23.9 Å². The standard InChI is InChI=1S/C18H16ClN5O/c19-15-5-3-13(4-6-15)11-21-17-8-7-16(23-24-17)18(25)22-12-14-2-1-9-20-10-14/h1-10H,11-12H2,(H,21,24)(H,22,25). The molecular formula is C18H16ClN5O. The number of nitrogens with zero attached hydrogens (tertiary/aromatic N) is 3. The highest BCUT2D eigenvalue weighted by molar-refractivity contribution is 6.30.